The predicted molar refractivity (Wildman–Crippen MR) is 140 cm³/mol. The van der Waals surface area contributed by atoms with Gasteiger partial charge >= 0.3 is 22.7 Å². The van der Waals surface area contributed by atoms with Crippen LogP contribution in [-0.4, -0.2) is 57.8 Å². The SMILES string of the molecule is O=C1NC(=O)C(Cc2ccc(OC[C@@H](OC(=O)c3cccnc3)c3ccc(OC(F)(F)F)cc3)cc2)S1.O=S(=O)(O)O. The van der Waals surface area contributed by atoms with Gasteiger partial charge in [0.05, 0.1) is 10.8 Å². The summed E-state index contributed by atoms with van der Waals surface area (Å²) in [6, 6.07) is 14.8. The molecule has 0 saturated carbocycles. The number of carbonyl (C=O) groups excluding carboxylic acids is 3. The molecule has 2 aromatic carbocycles. The maximum atomic E-state index is 12.6. The lowest BCUT2D eigenvalue weighted by molar-refractivity contribution is -0.274. The summed E-state index contributed by atoms with van der Waals surface area (Å²) in [6.45, 7) is -0.139. The molecule has 2 amide bonds. The molecule has 1 aliphatic rings. The van der Waals surface area contributed by atoms with Gasteiger partial charge < -0.3 is 14.2 Å². The van der Waals surface area contributed by atoms with E-state index in [1.54, 1.807) is 30.3 Å². The van der Waals surface area contributed by atoms with Crippen LogP contribution in [0.1, 0.15) is 27.6 Å². The summed E-state index contributed by atoms with van der Waals surface area (Å²) in [5.41, 5.74) is 1.40. The molecule has 12 nitrogen and oxygen atoms in total. The lowest BCUT2D eigenvalue weighted by atomic mass is 10.1. The number of benzene rings is 2. The van der Waals surface area contributed by atoms with Crippen molar-refractivity contribution >= 4 is 39.3 Å². The highest BCUT2D eigenvalue weighted by atomic mass is 32.3. The van der Waals surface area contributed by atoms with Gasteiger partial charge in [-0.2, -0.15) is 8.42 Å². The highest BCUT2D eigenvalue weighted by molar-refractivity contribution is 8.15. The minimum atomic E-state index is -4.83. The average molecular weight is 631 g/mol. The van der Waals surface area contributed by atoms with Crippen molar-refractivity contribution in [2.45, 2.75) is 24.1 Å². The highest BCUT2D eigenvalue weighted by Gasteiger charge is 2.32. The van der Waals surface area contributed by atoms with E-state index < -0.39 is 39.8 Å². The molecule has 4 rings (SSSR count). The Labute approximate surface area is 240 Å². The molecule has 0 bridgehead atoms. The summed E-state index contributed by atoms with van der Waals surface area (Å²) in [6.07, 6.45) is -2.61. The van der Waals surface area contributed by atoms with Gasteiger partial charge in [-0.15, -0.1) is 13.2 Å². The number of esters is 1. The first-order valence-corrected chi connectivity index (χ1v) is 13.8. The molecule has 2 heterocycles. The van der Waals surface area contributed by atoms with Crippen molar-refractivity contribution in [1.82, 2.24) is 10.3 Å². The van der Waals surface area contributed by atoms with E-state index in [1.807, 2.05) is 0 Å². The number of aromatic nitrogens is 1. The van der Waals surface area contributed by atoms with Gasteiger partial charge in [0.15, 0.2) is 6.10 Å². The first-order valence-electron chi connectivity index (χ1n) is 11.6. The first kappa shape index (κ1) is 32.3. The van der Waals surface area contributed by atoms with Crippen LogP contribution < -0.4 is 14.8 Å². The molecule has 1 saturated heterocycles. The molecule has 0 radical (unpaired) electrons. The summed E-state index contributed by atoms with van der Waals surface area (Å²) in [5.74, 6) is -1.00. The maximum absolute atomic E-state index is 12.6. The van der Waals surface area contributed by atoms with Crippen LogP contribution in [0.5, 0.6) is 11.5 Å². The molecule has 1 unspecified atom stereocenters. The summed E-state index contributed by atoms with van der Waals surface area (Å²) in [7, 11) is -4.67. The van der Waals surface area contributed by atoms with E-state index >= 15 is 0 Å². The van der Waals surface area contributed by atoms with Gasteiger partial charge in [0.1, 0.15) is 18.1 Å². The molecule has 0 spiro atoms. The van der Waals surface area contributed by atoms with Crippen molar-refractivity contribution < 1.29 is 59.3 Å². The van der Waals surface area contributed by atoms with Crippen LogP contribution in [0.2, 0.25) is 0 Å². The Hall–Kier alpha value is -4.19. The van der Waals surface area contributed by atoms with E-state index in [4.69, 9.17) is 27.0 Å². The van der Waals surface area contributed by atoms with Crippen molar-refractivity contribution in [1.29, 1.82) is 0 Å². The Morgan fingerprint density at radius 2 is 1.64 bits per heavy atom. The Bertz CT molecular complexity index is 1480. The summed E-state index contributed by atoms with van der Waals surface area (Å²) >= 11 is 0.937. The number of rotatable bonds is 9. The molecule has 3 N–H and O–H groups in total. The summed E-state index contributed by atoms with van der Waals surface area (Å²) < 4.78 is 84.3. The molecular weight excluding hydrogens is 609 g/mol. The van der Waals surface area contributed by atoms with E-state index in [9.17, 15) is 27.6 Å². The van der Waals surface area contributed by atoms with Crippen LogP contribution >= 0.6 is 11.8 Å². The smallest absolute Gasteiger partial charge is 0.489 e. The number of amides is 2. The van der Waals surface area contributed by atoms with E-state index in [0.717, 1.165) is 29.5 Å². The van der Waals surface area contributed by atoms with Crippen molar-refractivity contribution in [3.8, 4) is 11.5 Å². The van der Waals surface area contributed by atoms with Crippen LogP contribution in [0.3, 0.4) is 0 Å². The third kappa shape index (κ3) is 11.4. The second-order valence-electron chi connectivity index (χ2n) is 8.24. The molecule has 42 heavy (non-hydrogen) atoms. The Kier molecular flexibility index (Phi) is 10.9. The van der Waals surface area contributed by atoms with E-state index in [1.165, 1.54) is 30.6 Å². The van der Waals surface area contributed by atoms with Crippen LogP contribution in [0.15, 0.2) is 73.1 Å². The molecule has 3 aromatic rings. The summed E-state index contributed by atoms with van der Waals surface area (Å²) in [5, 5.41) is 1.36. The third-order valence-corrected chi connectivity index (χ3v) is 6.13. The Balaban J connectivity index is 0.000000892. The monoisotopic (exact) mass is 630 g/mol. The lowest BCUT2D eigenvalue weighted by Gasteiger charge is -2.20. The summed E-state index contributed by atoms with van der Waals surface area (Å²) in [4.78, 5) is 39.6. The number of imide groups is 1. The fraction of sp³-hybridized carbons (Fsp3) is 0.200. The fourth-order valence-corrected chi connectivity index (χ4v) is 4.26. The van der Waals surface area contributed by atoms with Gasteiger partial charge in [-0.1, -0.05) is 36.0 Å². The standard InChI is InChI=1S/C25H19F3N2O6S.H2O4S/c26-25(27,28)36-19-9-5-16(6-10-19)20(35-23(32)17-2-1-11-29-13-17)14-34-18-7-3-15(4-8-18)12-21-22(31)30-24(33)37-21;1-5(2,3)4/h1-11,13,20-21H,12,14H2,(H,30,31,33);(H2,1,2,3,4)/t20-,21?;/m1./s1. The van der Waals surface area contributed by atoms with Crippen LogP contribution in [0.25, 0.3) is 0 Å². The Morgan fingerprint density at radius 3 is 2.17 bits per heavy atom. The zero-order chi connectivity index (χ0) is 30.9. The van der Waals surface area contributed by atoms with Crippen molar-refractivity contribution in [3.05, 3.63) is 89.7 Å². The van der Waals surface area contributed by atoms with Crippen molar-refractivity contribution in [3.63, 3.8) is 0 Å². The van der Waals surface area contributed by atoms with Crippen molar-refractivity contribution in [2.75, 3.05) is 6.61 Å². The number of pyridine rings is 1. The van der Waals surface area contributed by atoms with Gasteiger partial charge in [-0.3, -0.25) is 29.0 Å². The number of nitrogens with zero attached hydrogens (tertiary/aromatic N) is 1. The number of halogens is 3. The van der Waals surface area contributed by atoms with Gasteiger partial charge in [0.2, 0.25) is 5.91 Å². The first-order chi connectivity index (χ1) is 19.7. The normalized spacial score (nSPS) is 15.6. The number of carbonyl (C=O) groups is 3. The zero-order valence-corrected chi connectivity index (χ0v) is 22.7. The maximum Gasteiger partial charge on any atom is 0.573 e. The van der Waals surface area contributed by atoms with Crippen LogP contribution in [0, 0.1) is 0 Å². The van der Waals surface area contributed by atoms with E-state index in [0.29, 0.717) is 17.7 Å². The highest BCUT2D eigenvalue weighted by Crippen LogP contribution is 2.28. The lowest BCUT2D eigenvalue weighted by Crippen LogP contribution is -2.25. The molecule has 0 aliphatic carbocycles. The average Bonchev–Trinajstić information content (AvgIpc) is 3.22. The third-order valence-electron chi connectivity index (χ3n) is 5.14. The zero-order valence-electron chi connectivity index (χ0n) is 21.1. The Morgan fingerprint density at radius 1 is 1.02 bits per heavy atom. The molecule has 2 atom stereocenters. The number of thioether (sulfide) groups is 1. The molecule has 17 heteroatoms. The van der Waals surface area contributed by atoms with E-state index in [2.05, 4.69) is 15.0 Å². The van der Waals surface area contributed by atoms with Crippen LogP contribution in [0.4, 0.5) is 18.0 Å². The van der Waals surface area contributed by atoms with Crippen LogP contribution in [-0.2, 0) is 26.4 Å². The molecule has 224 valence electrons. The minimum Gasteiger partial charge on any atom is -0.489 e. The molecule has 1 aliphatic heterocycles. The number of nitrogens with one attached hydrogen (secondary N) is 1. The topological polar surface area (TPSA) is 178 Å². The van der Waals surface area contributed by atoms with Gasteiger partial charge in [-0.05, 0) is 53.9 Å². The second-order valence-corrected chi connectivity index (χ2v) is 10.3. The number of hydrogen-bond acceptors (Lipinski definition) is 10. The van der Waals surface area contributed by atoms with Gasteiger partial charge in [0, 0.05) is 12.4 Å². The molecule has 1 fully saturated rings. The number of alkyl halides is 3. The quantitative estimate of drug-likeness (QED) is 0.227. The fourth-order valence-electron chi connectivity index (χ4n) is 3.40. The molecule has 1 aromatic heterocycles. The largest absolute Gasteiger partial charge is 0.573 e. The van der Waals surface area contributed by atoms with Gasteiger partial charge in [-0.25, -0.2) is 4.79 Å². The minimum absolute atomic E-state index is 0.139. The number of ether oxygens (including phenoxy) is 3. The second kappa shape index (κ2) is 14.1. The van der Waals surface area contributed by atoms with E-state index in [-0.39, 0.29) is 23.3 Å². The van der Waals surface area contributed by atoms with Gasteiger partial charge in [0.25, 0.3) is 5.24 Å². The molecular formula is C25H21F3N2O10S2. The number of hydrogen-bond donors (Lipinski definition) is 3. The predicted octanol–water partition coefficient (Wildman–Crippen LogP) is 4.20. The van der Waals surface area contributed by atoms with Crippen molar-refractivity contribution in [2.24, 2.45) is 0 Å².